The van der Waals surface area contributed by atoms with E-state index in [-0.39, 0.29) is 5.57 Å². The highest BCUT2D eigenvalue weighted by Crippen LogP contribution is 2.28. The van der Waals surface area contributed by atoms with E-state index in [0.29, 0.717) is 0 Å². The molecule has 0 bridgehead atoms. The molecule has 0 saturated carbocycles. The number of aliphatic hydroxyl groups excluding tert-OH is 3. The minimum Gasteiger partial charge on any atom is -0.396 e. The molecule has 0 rings (SSSR count). The normalized spacial score (nSPS) is 14.4. The summed E-state index contributed by atoms with van der Waals surface area (Å²) in [4.78, 5) is 19.7. The predicted molar refractivity (Wildman–Crippen MR) is 60.8 cm³/mol. The van der Waals surface area contributed by atoms with Gasteiger partial charge in [0.15, 0.2) is 0 Å². The minimum absolute atomic E-state index is 0.208. The van der Waals surface area contributed by atoms with Gasteiger partial charge in [0.05, 0.1) is 26.9 Å². The van der Waals surface area contributed by atoms with E-state index in [1.165, 1.54) is 20.1 Å². The maximum Gasteiger partial charge on any atom is 0.371 e. The van der Waals surface area contributed by atoms with Crippen LogP contribution in [0, 0.1) is 11.3 Å². The van der Waals surface area contributed by atoms with Crippen molar-refractivity contribution in [2.24, 2.45) is 11.3 Å². The summed E-state index contributed by atoms with van der Waals surface area (Å²) >= 11 is 0. The molecule has 0 fully saturated rings. The third-order valence-electron chi connectivity index (χ3n) is 2.91. The third-order valence-corrected chi connectivity index (χ3v) is 2.91. The molecule has 0 amide bonds. The van der Waals surface area contributed by atoms with Crippen LogP contribution in [0.1, 0.15) is 13.8 Å². The molecule has 0 aliphatic heterocycles. The number of rotatable bonds is 8. The molecule has 7 nitrogen and oxygen atoms in total. The van der Waals surface area contributed by atoms with E-state index in [0.717, 1.165) is 0 Å². The van der Waals surface area contributed by atoms with Crippen molar-refractivity contribution in [1.29, 1.82) is 0 Å². The number of aliphatic hydroxyl groups is 3. The fourth-order valence-corrected chi connectivity index (χ4v) is 1.33. The van der Waals surface area contributed by atoms with E-state index in [9.17, 15) is 20.1 Å². The second kappa shape index (κ2) is 8.17. The van der Waals surface area contributed by atoms with Gasteiger partial charge in [0.1, 0.15) is 0 Å². The van der Waals surface area contributed by atoms with E-state index in [1.54, 1.807) is 6.92 Å². The Balaban J connectivity index is 4.77. The highest BCUT2D eigenvalue weighted by molar-refractivity contribution is 5.87. The lowest BCUT2D eigenvalue weighted by molar-refractivity contribution is -0.474. The van der Waals surface area contributed by atoms with Gasteiger partial charge in [0.2, 0.25) is 0 Å². The largest absolute Gasteiger partial charge is 0.396 e. The smallest absolute Gasteiger partial charge is 0.371 e. The molecule has 0 aromatic rings. The molecule has 0 saturated heterocycles. The standard InChI is InChI=1S/C11H20O7/c1-8(10(15)17-18-16-3)4-9(2)11(5-12,6-13)7-14/h4,9,12-14H,5-7H2,1-3H3/b8-4+. The Morgan fingerprint density at radius 3 is 2.17 bits per heavy atom. The minimum atomic E-state index is -1.09. The Morgan fingerprint density at radius 2 is 1.78 bits per heavy atom. The quantitative estimate of drug-likeness (QED) is 0.310. The Morgan fingerprint density at radius 1 is 1.28 bits per heavy atom. The monoisotopic (exact) mass is 264 g/mol. The molecule has 3 N–H and O–H groups in total. The summed E-state index contributed by atoms with van der Waals surface area (Å²) in [6.07, 6.45) is 1.48. The van der Waals surface area contributed by atoms with Crippen LogP contribution in [0.5, 0.6) is 0 Å². The van der Waals surface area contributed by atoms with E-state index in [1.807, 2.05) is 0 Å². The summed E-state index contributed by atoms with van der Waals surface area (Å²) in [6, 6.07) is 0. The topological polar surface area (TPSA) is 105 Å². The molecular weight excluding hydrogens is 244 g/mol. The molecule has 0 aromatic heterocycles. The van der Waals surface area contributed by atoms with Crippen LogP contribution in [-0.4, -0.2) is 48.2 Å². The molecule has 0 heterocycles. The van der Waals surface area contributed by atoms with Crippen LogP contribution in [0.3, 0.4) is 0 Å². The molecule has 0 aromatic carbocycles. The highest BCUT2D eigenvalue weighted by Gasteiger charge is 2.34. The third kappa shape index (κ3) is 4.35. The van der Waals surface area contributed by atoms with Gasteiger partial charge in [-0.05, 0) is 17.9 Å². The van der Waals surface area contributed by atoms with Gasteiger partial charge in [0.25, 0.3) is 0 Å². The van der Waals surface area contributed by atoms with Crippen LogP contribution < -0.4 is 0 Å². The van der Waals surface area contributed by atoms with Gasteiger partial charge in [-0.3, -0.25) is 4.89 Å². The molecule has 0 radical (unpaired) electrons. The molecule has 0 aliphatic rings. The summed E-state index contributed by atoms with van der Waals surface area (Å²) in [5.41, 5.74) is -0.886. The van der Waals surface area contributed by atoms with Crippen LogP contribution in [-0.2, 0) is 19.6 Å². The molecule has 7 heteroatoms. The number of hydrogen-bond donors (Lipinski definition) is 3. The zero-order valence-corrected chi connectivity index (χ0v) is 10.8. The number of allylic oxidation sites excluding steroid dienone is 1. The average Bonchev–Trinajstić information content (AvgIpc) is 2.38. The van der Waals surface area contributed by atoms with E-state index < -0.39 is 37.1 Å². The Bertz CT molecular complexity index is 275. The molecule has 18 heavy (non-hydrogen) atoms. The lowest BCUT2D eigenvalue weighted by Gasteiger charge is -2.32. The SMILES string of the molecule is COOOC(=O)/C(C)=C/C(C)C(CO)(CO)CO. The van der Waals surface area contributed by atoms with E-state index in [4.69, 9.17) is 0 Å². The maximum atomic E-state index is 11.3. The molecular formula is C11H20O7. The van der Waals surface area contributed by atoms with Gasteiger partial charge in [-0.2, -0.15) is 4.89 Å². The van der Waals surface area contributed by atoms with Crippen molar-refractivity contribution in [1.82, 2.24) is 0 Å². The van der Waals surface area contributed by atoms with Crippen LogP contribution in [0.15, 0.2) is 11.6 Å². The van der Waals surface area contributed by atoms with Crippen LogP contribution >= 0.6 is 0 Å². The van der Waals surface area contributed by atoms with Gasteiger partial charge in [0, 0.05) is 11.0 Å². The van der Waals surface area contributed by atoms with Gasteiger partial charge < -0.3 is 15.3 Å². The molecule has 1 atom stereocenters. The van der Waals surface area contributed by atoms with E-state index in [2.05, 4.69) is 14.8 Å². The fourth-order valence-electron chi connectivity index (χ4n) is 1.33. The van der Waals surface area contributed by atoms with Crippen molar-refractivity contribution in [3.63, 3.8) is 0 Å². The first-order valence-corrected chi connectivity index (χ1v) is 5.40. The second-order valence-corrected chi connectivity index (χ2v) is 4.08. The average molecular weight is 264 g/mol. The zero-order valence-electron chi connectivity index (χ0n) is 10.8. The summed E-state index contributed by atoms with van der Waals surface area (Å²) in [5, 5.41) is 31.7. The van der Waals surface area contributed by atoms with Gasteiger partial charge in [-0.15, -0.1) is 0 Å². The first kappa shape index (κ1) is 17.0. The molecule has 106 valence electrons. The van der Waals surface area contributed by atoms with Crippen molar-refractivity contribution in [2.45, 2.75) is 13.8 Å². The van der Waals surface area contributed by atoms with Crippen LogP contribution in [0.4, 0.5) is 0 Å². The van der Waals surface area contributed by atoms with E-state index >= 15 is 0 Å². The lowest BCUT2D eigenvalue weighted by atomic mass is 9.77. The number of carbonyl (C=O) groups is 1. The van der Waals surface area contributed by atoms with Crippen molar-refractivity contribution in [2.75, 3.05) is 26.9 Å². The Kier molecular flexibility index (Phi) is 7.72. The van der Waals surface area contributed by atoms with Crippen LogP contribution in [0.2, 0.25) is 0 Å². The van der Waals surface area contributed by atoms with Gasteiger partial charge in [-0.25, -0.2) is 4.79 Å². The highest BCUT2D eigenvalue weighted by atomic mass is 17.5. The summed E-state index contributed by atoms with van der Waals surface area (Å²) in [6.45, 7) is 1.92. The Hall–Kier alpha value is -0.990. The molecule has 0 spiro atoms. The number of carbonyl (C=O) groups excluding carboxylic acids is 1. The summed E-state index contributed by atoms with van der Waals surface area (Å²) in [5.74, 6) is -1.20. The molecule has 0 aliphatic carbocycles. The van der Waals surface area contributed by atoms with Gasteiger partial charge in [-0.1, -0.05) is 13.0 Å². The van der Waals surface area contributed by atoms with Crippen molar-refractivity contribution < 1.29 is 34.9 Å². The first-order chi connectivity index (χ1) is 8.47. The Labute approximate surface area is 105 Å². The summed E-state index contributed by atoms with van der Waals surface area (Å²) in [7, 11) is 1.18. The maximum absolute atomic E-state index is 11.3. The zero-order chi connectivity index (χ0) is 14.2. The first-order valence-electron chi connectivity index (χ1n) is 5.40. The second-order valence-electron chi connectivity index (χ2n) is 4.08. The summed E-state index contributed by atoms with van der Waals surface area (Å²) < 4.78 is 0. The van der Waals surface area contributed by atoms with Crippen LogP contribution in [0.25, 0.3) is 0 Å². The number of hydrogen-bond acceptors (Lipinski definition) is 7. The van der Waals surface area contributed by atoms with Gasteiger partial charge >= 0.3 is 5.97 Å². The fraction of sp³-hybridized carbons (Fsp3) is 0.727. The predicted octanol–water partition coefficient (Wildman–Crippen LogP) is -0.432. The van der Waals surface area contributed by atoms with Crippen molar-refractivity contribution in [3.8, 4) is 0 Å². The lowest BCUT2D eigenvalue weighted by Crippen LogP contribution is -2.39. The van der Waals surface area contributed by atoms with Crippen molar-refractivity contribution >= 4 is 5.97 Å². The van der Waals surface area contributed by atoms with Crippen molar-refractivity contribution in [3.05, 3.63) is 11.6 Å². The molecule has 1 unspecified atom stereocenters.